The van der Waals surface area contributed by atoms with E-state index in [0.717, 1.165) is 37.0 Å². The first-order valence-corrected chi connectivity index (χ1v) is 11.2. The van der Waals surface area contributed by atoms with Gasteiger partial charge in [0, 0.05) is 37.9 Å². The molecule has 0 aliphatic carbocycles. The zero-order valence-corrected chi connectivity index (χ0v) is 18.8. The number of imidazole rings is 1. The maximum Gasteiger partial charge on any atom is 0.246 e. The van der Waals surface area contributed by atoms with Crippen LogP contribution in [0.1, 0.15) is 38.6 Å². The first kappa shape index (κ1) is 21.5. The summed E-state index contributed by atoms with van der Waals surface area (Å²) in [5.74, 6) is 2.49. The summed E-state index contributed by atoms with van der Waals surface area (Å²) >= 11 is 0. The quantitative estimate of drug-likeness (QED) is 0.527. The lowest BCUT2D eigenvalue weighted by molar-refractivity contribution is -0.146. The number of nitrogens with zero attached hydrogens (tertiary/aromatic N) is 6. The lowest BCUT2D eigenvalue weighted by Gasteiger charge is -2.43. The number of hydrogen-bond acceptors (Lipinski definition) is 9. The fourth-order valence-corrected chi connectivity index (χ4v) is 4.52. The lowest BCUT2D eigenvalue weighted by atomic mass is 9.90. The number of nitrogens with one attached hydrogen (secondary N) is 2. The summed E-state index contributed by atoms with van der Waals surface area (Å²) in [4.78, 5) is 31.6. The first-order valence-electron chi connectivity index (χ1n) is 11.2. The summed E-state index contributed by atoms with van der Waals surface area (Å²) in [6.45, 7) is 6.17. The van der Waals surface area contributed by atoms with E-state index in [0.29, 0.717) is 30.0 Å². The van der Waals surface area contributed by atoms with Crippen LogP contribution >= 0.6 is 0 Å². The Kier molecular flexibility index (Phi) is 5.59. The Balaban J connectivity index is 1.31. The third-order valence-electron chi connectivity index (χ3n) is 6.28. The average Bonchev–Trinajstić information content (AvgIpc) is 3.20. The van der Waals surface area contributed by atoms with Gasteiger partial charge in [0.1, 0.15) is 36.2 Å². The molecule has 5 rings (SSSR count). The van der Waals surface area contributed by atoms with E-state index in [9.17, 15) is 9.90 Å². The van der Waals surface area contributed by atoms with Gasteiger partial charge in [0.25, 0.3) is 0 Å². The largest absolute Gasteiger partial charge is 0.388 e. The molecule has 0 unspecified atom stereocenters. The van der Waals surface area contributed by atoms with E-state index >= 15 is 0 Å². The van der Waals surface area contributed by atoms with Gasteiger partial charge in [-0.05, 0) is 32.8 Å². The Morgan fingerprint density at radius 1 is 1.24 bits per heavy atom. The second kappa shape index (κ2) is 8.56. The van der Waals surface area contributed by atoms with E-state index in [1.165, 1.54) is 0 Å². The Morgan fingerprint density at radius 3 is 2.76 bits per heavy atom. The summed E-state index contributed by atoms with van der Waals surface area (Å²) in [5.41, 5.74) is 1.36. The molecule has 0 aromatic carbocycles. The highest BCUT2D eigenvalue weighted by atomic mass is 16.5. The molecule has 3 aromatic heterocycles. The molecular formula is C22H28N8O3. The van der Waals surface area contributed by atoms with Crippen LogP contribution in [0.2, 0.25) is 0 Å². The van der Waals surface area contributed by atoms with E-state index in [4.69, 9.17) is 4.74 Å². The number of aliphatic hydroxyl groups excluding tert-OH is 1. The van der Waals surface area contributed by atoms with Crippen LogP contribution < -0.4 is 15.5 Å². The third kappa shape index (κ3) is 4.21. The second-order valence-electron chi connectivity index (χ2n) is 8.81. The van der Waals surface area contributed by atoms with Gasteiger partial charge in [0.05, 0.1) is 17.3 Å². The number of aliphatic hydroxyl groups is 1. The van der Waals surface area contributed by atoms with Crippen molar-refractivity contribution in [2.45, 2.75) is 44.9 Å². The zero-order chi connectivity index (χ0) is 23.0. The number of fused-ring (bicyclic) bond motifs is 1. The number of carbonyl (C=O) groups excluding carboxylic acids is 1. The summed E-state index contributed by atoms with van der Waals surface area (Å²) in [7, 11) is 0. The van der Waals surface area contributed by atoms with Crippen LogP contribution in [0.3, 0.4) is 0 Å². The number of carbonyl (C=O) groups is 1. The molecule has 2 saturated heterocycles. The number of aromatic nitrogens is 5. The first-order chi connectivity index (χ1) is 16.0. The molecule has 3 N–H and O–H groups in total. The van der Waals surface area contributed by atoms with Crippen molar-refractivity contribution >= 4 is 34.5 Å². The molecular weight excluding hydrogens is 424 g/mol. The molecule has 0 radical (unpaired) electrons. The van der Waals surface area contributed by atoms with Crippen LogP contribution in [0.15, 0.2) is 24.5 Å². The van der Waals surface area contributed by atoms with Gasteiger partial charge in [0.15, 0.2) is 0 Å². The van der Waals surface area contributed by atoms with Gasteiger partial charge in [-0.15, -0.1) is 0 Å². The average molecular weight is 453 g/mol. The van der Waals surface area contributed by atoms with E-state index in [1.807, 2.05) is 10.6 Å². The number of ether oxygens (including phenoxy) is 1. The number of hydrogen-bond donors (Lipinski definition) is 3. The molecule has 1 spiro atoms. The normalized spacial score (nSPS) is 18.2. The number of morpholine rings is 1. The number of anilines is 3. The SMILES string of the molecule is CC(C)n1c(CO)nc2cnc(Nc3ccnc(N4CCC5(CC4)CNC(=O)CO5)n3)cc21. The molecule has 11 heteroatoms. The number of pyridine rings is 1. The molecule has 2 aliphatic rings. The van der Waals surface area contributed by atoms with Gasteiger partial charge in [-0.25, -0.2) is 15.0 Å². The molecule has 5 heterocycles. The number of rotatable bonds is 5. The Hall–Kier alpha value is -3.31. The van der Waals surface area contributed by atoms with Gasteiger partial charge in [-0.2, -0.15) is 4.98 Å². The molecule has 0 atom stereocenters. The van der Waals surface area contributed by atoms with E-state index in [2.05, 4.69) is 49.3 Å². The molecule has 1 amide bonds. The van der Waals surface area contributed by atoms with Crippen molar-refractivity contribution in [2.75, 3.05) is 36.5 Å². The summed E-state index contributed by atoms with van der Waals surface area (Å²) in [6.07, 6.45) is 5.04. The highest BCUT2D eigenvalue weighted by molar-refractivity contribution is 5.79. The third-order valence-corrected chi connectivity index (χ3v) is 6.28. The number of piperidine rings is 1. The van der Waals surface area contributed by atoms with Crippen LogP contribution in [0.25, 0.3) is 11.0 Å². The van der Waals surface area contributed by atoms with Crippen molar-refractivity contribution in [1.82, 2.24) is 29.8 Å². The predicted molar refractivity (Wildman–Crippen MR) is 122 cm³/mol. The molecule has 3 aromatic rings. The van der Waals surface area contributed by atoms with Crippen LogP contribution in [-0.2, 0) is 16.1 Å². The molecule has 174 valence electrons. The van der Waals surface area contributed by atoms with Gasteiger partial charge in [-0.3, -0.25) is 4.79 Å². The highest BCUT2D eigenvalue weighted by Crippen LogP contribution is 2.30. The van der Waals surface area contributed by atoms with E-state index < -0.39 is 0 Å². The Morgan fingerprint density at radius 2 is 2.06 bits per heavy atom. The van der Waals surface area contributed by atoms with Crippen molar-refractivity contribution < 1.29 is 14.6 Å². The topological polar surface area (TPSA) is 130 Å². The van der Waals surface area contributed by atoms with Crippen LogP contribution in [0.5, 0.6) is 0 Å². The fraction of sp³-hybridized carbons (Fsp3) is 0.500. The van der Waals surface area contributed by atoms with Gasteiger partial charge in [-0.1, -0.05) is 0 Å². The van der Waals surface area contributed by atoms with Gasteiger partial charge >= 0.3 is 0 Å². The Bertz CT molecular complexity index is 1160. The van der Waals surface area contributed by atoms with Crippen molar-refractivity contribution in [2.24, 2.45) is 0 Å². The molecule has 0 saturated carbocycles. The molecule has 11 nitrogen and oxygen atoms in total. The van der Waals surface area contributed by atoms with E-state index in [-0.39, 0.29) is 30.8 Å². The van der Waals surface area contributed by atoms with Crippen LogP contribution in [-0.4, -0.2) is 67.4 Å². The Labute approximate surface area is 191 Å². The fourth-order valence-electron chi connectivity index (χ4n) is 4.52. The molecule has 0 bridgehead atoms. The maximum absolute atomic E-state index is 11.4. The van der Waals surface area contributed by atoms with Gasteiger partial charge in [0.2, 0.25) is 11.9 Å². The van der Waals surface area contributed by atoms with Crippen LogP contribution in [0, 0.1) is 0 Å². The van der Waals surface area contributed by atoms with Crippen molar-refractivity contribution in [3.05, 3.63) is 30.4 Å². The lowest BCUT2D eigenvalue weighted by Crippen LogP contribution is -2.57. The summed E-state index contributed by atoms with van der Waals surface area (Å²) in [6, 6.07) is 3.88. The van der Waals surface area contributed by atoms with Gasteiger partial charge < -0.3 is 29.9 Å². The minimum Gasteiger partial charge on any atom is -0.388 e. The standard InChI is InChI=1S/C22H28N8O3/c1-14(2)30-16-9-18(24-10-15(16)26-19(30)11-31)27-17-3-6-23-21(28-17)29-7-4-22(5-8-29)13-25-20(32)12-33-22/h3,6,9-10,14,31H,4-5,7-8,11-13H2,1-2H3,(H,25,32)(H,23,24,27,28). The monoisotopic (exact) mass is 452 g/mol. The van der Waals surface area contributed by atoms with Crippen LogP contribution in [0.4, 0.5) is 17.6 Å². The summed E-state index contributed by atoms with van der Waals surface area (Å²) < 4.78 is 7.86. The second-order valence-corrected chi connectivity index (χ2v) is 8.81. The minimum atomic E-state index is -0.285. The molecule has 33 heavy (non-hydrogen) atoms. The van der Waals surface area contributed by atoms with Crippen molar-refractivity contribution in [3.63, 3.8) is 0 Å². The smallest absolute Gasteiger partial charge is 0.246 e. The number of amides is 1. The van der Waals surface area contributed by atoms with E-state index in [1.54, 1.807) is 18.5 Å². The zero-order valence-electron chi connectivity index (χ0n) is 18.8. The maximum atomic E-state index is 11.4. The minimum absolute atomic E-state index is 0.0546. The van der Waals surface area contributed by atoms with Crippen molar-refractivity contribution in [3.8, 4) is 0 Å². The summed E-state index contributed by atoms with van der Waals surface area (Å²) in [5, 5.41) is 15.8. The van der Waals surface area contributed by atoms with Crippen molar-refractivity contribution in [1.29, 1.82) is 0 Å². The predicted octanol–water partition coefficient (Wildman–Crippen LogP) is 1.52. The molecule has 2 aliphatic heterocycles. The molecule has 2 fully saturated rings. The highest BCUT2D eigenvalue weighted by Gasteiger charge is 2.39.